The molecule has 0 aliphatic carbocycles. The van der Waals surface area contributed by atoms with Gasteiger partial charge in [-0.25, -0.2) is 0 Å². The van der Waals surface area contributed by atoms with Crippen molar-refractivity contribution in [2.45, 2.75) is 24.9 Å². The van der Waals surface area contributed by atoms with Crippen molar-refractivity contribution < 1.29 is 9.47 Å². The van der Waals surface area contributed by atoms with Crippen molar-refractivity contribution in [3.63, 3.8) is 0 Å². The van der Waals surface area contributed by atoms with Crippen LogP contribution < -0.4 is 20.9 Å². The molecule has 0 amide bonds. The Hall–Kier alpha value is -2.04. The van der Waals surface area contributed by atoms with E-state index < -0.39 is 0 Å². The number of para-hydroxylation sites is 2. The Bertz CT molecular complexity index is 574. The van der Waals surface area contributed by atoms with Crippen molar-refractivity contribution in [3.05, 3.63) is 59.7 Å². The molecule has 4 rings (SSSR count). The molecule has 0 radical (unpaired) electrons. The lowest BCUT2D eigenvalue weighted by atomic mass is 10.0. The first-order chi connectivity index (χ1) is 10.8. The molecule has 0 saturated carbocycles. The monoisotopic (exact) mass is 298 g/mol. The Morgan fingerprint density at radius 1 is 0.682 bits per heavy atom. The molecule has 4 heteroatoms. The second-order valence-electron chi connectivity index (χ2n) is 5.56. The maximum atomic E-state index is 5.87. The van der Waals surface area contributed by atoms with E-state index in [1.807, 2.05) is 48.5 Å². The van der Waals surface area contributed by atoms with Gasteiger partial charge in [0, 0.05) is 36.1 Å². The molecule has 116 valence electrons. The molecule has 2 heterocycles. The minimum absolute atomic E-state index is 0.167. The molecule has 0 bridgehead atoms. The van der Waals surface area contributed by atoms with E-state index in [1.54, 1.807) is 0 Å². The number of fused-ring (bicyclic) bond motifs is 2. The summed E-state index contributed by atoms with van der Waals surface area (Å²) in [6, 6.07) is 16.2. The number of hydrogen-bond donors (Lipinski definition) is 2. The highest BCUT2D eigenvalue weighted by atomic mass is 16.5. The van der Waals surface area contributed by atoms with E-state index in [-0.39, 0.29) is 12.1 Å². The fourth-order valence-electron chi connectivity index (χ4n) is 2.74. The second kappa shape index (κ2) is 6.81. The molecule has 0 aromatic heterocycles. The van der Waals surface area contributed by atoms with Gasteiger partial charge in [0.2, 0.25) is 0 Å². The summed E-state index contributed by atoms with van der Waals surface area (Å²) in [5, 5.41) is 0. The van der Waals surface area contributed by atoms with E-state index in [0.29, 0.717) is 0 Å². The van der Waals surface area contributed by atoms with Crippen molar-refractivity contribution in [2.24, 2.45) is 11.5 Å². The third-order valence-corrected chi connectivity index (χ3v) is 4.01. The van der Waals surface area contributed by atoms with Crippen LogP contribution in [0.3, 0.4) is 0 Å². The van der Waals surface area contributed by atoms with Crippen LogP contribution in [-0.2, 0) is 0 Å². The predicted molar refractivity (Wildman–Crippen MR) is 87.0 cm³/mol. The minimum atomic E-state index is 0.167. The Balaban J connectivity index is 0.000000131. The van der Waals surface area contributed by atoms with Gasteiger partial charge >= 0.3 is 0 Å². The van der Waals surface area contributed by atoms with E-state index in [1.165, 1.54) is 0 Å². The molecule has 0 spiro atoms. The van der Waals surface area contributed by atoms with Crippen molar-refractivity contribution >= 4 is 0 Å². The van der Waals surface area contributed by atoms with Gasteiger partial charge in [0.25, 0.3) is 0 Å². The maximum absolute atomic E-state index is 5.87. The summed E-state index contributed by atoms with van der Waals surface area (Å²) in [7, 11) is 0. The topological polar surface area (TPSA) is 70.5 Å². The van der Waals surface area contributed by atoms with Gasteiger partial charge in [-0.3, -0.25) is 0 Å². The van der Waals surface area contributed by atoms with Gasteiger partial charge in [-0.05, 0) is 12.1 Å². The van der Waals surface area contributed by atoms with Crippen LogP contribution in [0.4, 0.5) is 0 Å². The van der Waals surface area contributed by atoms with Crippen molar-refractivity contribution in [1.29, 1.82) is 0 Å². The first-order valence-electron chi connectivity index (χ1n) is 7.70. The van der Waals surface area contributed by atoms with Crippen LogP contribution >= 0.6 is 0 Å². The molecule has 22 heavy (non-hydrogen) atoms. The molecular formula is C18H22N2O2. The highest BCUT2D eigenvalue weighted by Gasteiger charge is 2.16. The van der Waals surface area contributed by atoms with Crippen LogP contribution in [0.15, 0.2) is 48.5 Å². The zero-order valence-electron chi connectivity index (χ0n) is 12.6. The summed E-state index contributed by atoms with van der Waals surface area (Å²) in [4.78, 5) is 0. The molecule has 2 aliphatic rings. The normalized spacial score (nSPS) is 22.1. The number of ether oxygens (including phenoxy) is 2. The molecule has 4 N–H and O–H groups in total. The fourth-order valence-corrected chi connectivity index (χ4v) is 2.74. The second-order valence-corrected chi connectivity index (χ2v) is 5.56. The lowest BCUT2D eigenvalue weighted by Gasteiger charge is -2.22. The van der Waals surface area contributed by atoms with Crippen LogP contribution in [0.5, 0.6) is 11.5 Å². The molecular weight excluding hydrogens is 276 g/mol. The summed E-state index contributed by atoms with van der Waals surface area (Å²) in [5.74, 6) is 1.90. The smallest absolute Gasteiger partial charge is 0.124 e. The highest BCUT2D eigenvalue weighted by Crippen LogP contribution is 2.30. The van der Waals surface area contributed by atoms with E-state index >= 15 is 0 Å². The SMILES string of the molecule is N[C@@H]1CCOc2ccccc21.N[C@H]1CCOc2ccccc21. The first-order valence-corrected chi connectivity index (χ1v) is 7.70. The van der Waals surface area contributed by atoms with E-state index in [2.05, 4.69) is 0 Å². The quantitative estimate of drug-likeness (QED) is 0.784. The molecule has 0 saturated heterocycles. The number of benzene rings is 2. The Kier molecular flexibility index (Phi) is 4.61. The zero-order valence-corrected chi connectivity index (χ0v) is 12.6. The zero-order chi connectivity index (χ0) is 15.4. The van der Waals surface area contributed by atoms with Crippen molar-refractivity contribution in [3.8, 4) is 11.5 Å². The Morgan fingerprint density at radius 2 is 1.09 bits per heavy atom. The van der Waals surface area contributed by atoms with Gasteiger partial charge in [-0.1, -0.05) is 36.4 Å². The molecule has 2 aromatic carbocycles. The van der Waals surface area contributed by atoms with Crippen LogP contribution in [0.25, 0.3) is 0 Å². The van der Waals surface area contributed by atoms with Gasteiger partial charge in [-0.2, -0.15) is 0 Å². The van der Waals surface area contributed by atoms with Gasteiger partial charge in [0.15, 0.2) is 0 Å². The summed E-state index contributed by atoms with van der Waals surface area (Å²) in [5.41, 5.74) is 14.0. The van der Waals surface area contributed by atoms with Crippen LogP contribution in [0.2, 0.25) is 0 Å². The van der Waals surface area contributed by atoms with E-state index in [0.717, 1.165) is 48.7 Å². The predicted octanol–water partition coefficient (Wildman–Crippen LogP) is 2.94. The molecule has 2 aromatic rings. The summed E-state index contributed by atoms with van der Waals surface area (Å²) in [6.45, 7) is 1.50. The largest absolute Gasteiger partial charge is 0.493 e. The average Bonchev–Trinajstić information content (AvgIpc) is 2.57. The number of rotatable bonds is 0. The van der Waals surface area contributed by atoms with E-state index in [4.69, 9.17) is 20.9 Å². The Labute approximate surface area is 131 Å². The van der Waals surface area contributed by atoms with Gasteiger partial charge in [-0.15, -0.1) is 0 Å². The summed E-state index contributed by atoms with van der Waals surface area (Å²) in [6.07, 6.45) is 1.86. The van der Waals surface area contributed by atoms with Crippen LogP contribution in [0.1, 0.15) is 36.1 Å². The maximum Gasteiger partial charge on any atom is 0.124 e. The lowest BCUT2D eigenvalue weighted by Crippen LogP contribution is -2.20. The average molecular weight is 298 g/mol. The van der Waals surface area contributed by atoms with Crippen molar-refractivity contribution in [2.75, 3.05) is 13.2 Å². The summed E-state index contributed by atoms with van der Waals surface area (Å²) >= 11 is 0. The third-order valence-electron chi connectivity index (χ3n) is 4.01. The highest BCUT2D eigenvalue weighted by molar-refractivity contribution is 5.37. The first kappa shape index (κ1) is 14.9. The third kappa shape index (κ3) is 3.24. The fraction of sp³-hybridized carbons (Fsp3) is 0.333. The van der Waals surface area contributed by atoms with Gasteiger partial charge in [0.05, 0.1) is 13.2 Å². The van der Waals surface area contributed by atoms with E-state index in [9.17, 15) is 0 Å². The molecule has 0 fully saturated rings. The van der Waals surface area contributed by atoms with Gasteiger partial charge in [0.1, 0.15) is 11.5 Å². The van der Waals surface area contributed by atoms with Crippen LogP contribution in [0, 0.1) is 0 Å². The number of nitrogens with two attached hydrogens (primary N) is 2. The van der Waals surface area contributed by atoms with Crippen LogP contribution in [-0.4, -0.2) is 13.2 Å². The summed E-state index contributed by atoms with van der Waals surface area (Å²) < 4.78 is 10.8. The minimum Gasteiger partial charge on any atom is -0.493 e. The molecule has 4 nitrogen and oxygen atoms in total. The number of hydrogen-bond acceptors (Lipinski definition) is 4. The lowest BCUT2D eigenvalue weighted by molar-refractivity contribution is 0.269. The molecule has 0 unspecified atom stereocenters. The van der Waals surface area contributed by atoms with Crippen molar-refractivity contribution in [1.82, 2.24) is 0 Å². The Morgan fingerprint density at radius 3 is 1.50 bits per heavy atom. The molecule has 2 atom stereocenters. The van der Waals surface area contributed by atoms with Gasteiger partial charge < -0.3 is 20.9 Å². The molecule has 2 aliphatic heterocycles. The standard InChI is InChI=1S/2C9H11NO/c2*10-8-5-6-11-9-4-2-1-3-7(8)9/h2*1-4,8H,5-6,10H2/t2*8-/m10/s1.